The largest absolute Gasteiger partial charge is 0.458 e. The Labute approximate surface area is 132 Å². The van der Waals surface area contributed by atoms with E-state index in [1.54, 1.807) is 25.1 Å². The first-order valence-corrected chi connectivity index (χ1v) is 6.82. The van der Waals surface area contributed by atoms with E-state index >= 15 is 0 Å². The van der Waals surface area contributed by atoms with Crippen LogP contribution in [0.1, 0.15) is 11.3 Å². The van der Waals surface area contributed by atoms with Crippen LogP contribution in [0.25, 0.3) is 17.4 Å². The number of nitro groups is 1. The molecule has 2 aromatic rings. The third-order valence-corrected chi connectivity index (χ3v) is 3.04. The topological polar surface area (TPSA) is 82.6 Å². The Bertz CT molecular complexity index is 773. The summed E-state index contributed by atoms with van der Waals surface area (Å²) in [7, 11) is 0. The monoisotopic (exact) mass is 313 g/mol. The lowest BCUT2D eigenvalue weighted by Crippen LogP contribution is -1.99. The SMILES string of the molecule is C=CCOC(=O)/C=C/c1ccc(-c2ccc([N+](=O)[O-])cc2C)o1. The van der Waals surface area contributed by atoms with E-state index in [4.69, 9.17) is 9.15 Å². The predicted molar refractivity (Wildman–Crippen MR) is 85.7 cm³/mol. The van der Waals surface area contributed by atoms with Crippen molar-refractivity contribution in [3.05, 3.63) is 70.5 Å². The highest BCUT2D eigenvalue weighted by molar-refractivity contribution is 5.86. The molecular weight excluding hydrogens is 298 g/mol. The van der Waals surface area contributed by atoms with E-state index in [0.717, 1.165) is 11.1 Å². The summed E-state index contributed by atoms with van der Waals surface area (Å²) in [5.41, 5.74) is 1.52. The summed E-state index contributed by atoms with van der Waals surface area (Å²) in [6, 6.07) is 7.99. The maximum Gasteiger partial charge on any atom is 0.331 e. The summed E-state index contributed by atoms with van der Waals surface area (Å²) in [5, 5.41) is 10.8. The molecule has 0 bridgehead atoms. The number of carbonyl (C=O) groups is 1. The van der Waals surface area contributed by atoms with Crippen LogP contribution in [-0.4, -0.2) is 17.5 Å². The van der Waals surface area contributed by atoms with Crippen LogP contribution in [0.15, 0.2) is 53.5 Å². The maximum absolute atomic E-state index is 11.3. The molecule has 0 unspecified atom stereocenters. The molecule has 0 amide bonds. The van der Waals surface area contributed by atoms with Crippen LogP contribution in [0.5, 0.6) is 0 Å². The minimum absolute atomic E-state index is 0.0305. The average Bonchev–Trinajstić information content (AvgIpc) is 2.99. The van der Waals surface area contributed by atoms with Crippen LogP contribution in [0.2, 0.25) is 0 Å². The van der Waals surface area contributed by atoms with Gasteiger partial charge in [0.1, 0.15) is 18.1 Å². The van der Waals surface area contributed by atoms with E-state index in [-0.39, 0.29) is 12.3 Å². The third-order valence-electron chi connectivity index (χ3n) is 3.04. The smallest absolute Gasteiger partial charge is 0.331 e. The van der Waals surface area contributed by atoms with E-state index in [1.807, 2.05) is 0 Å². The van der Waals surface area contributed by atoms with Crippen molar-refractivity contribution >= 4 is 17.7 Å². The van der Waals surface area contributed by atoms with E-state index in [2.05, 4.69) is 6.58 Å². The first kappa shape index (κ1) is 16.2. The van der Waals surface area contributed by atoms with Crippen LogP contribution in [0, 0.1) is 17.0 Å². The van der Waals surface area contributed by atoms with Crippen molar-refractivity contribution in [2.45, 2.75) is 6.92 Å². The number of carbonyl (C=O) groups excluding carboxylic acids is 1. The molecule has 23 heavy (non-hydrogen) atoms. The van der Waals surface area contributed by atoms with Crippen molar-refractivity contribution < 1.29 is 18.9 Å². The molecule has 1 aromatic carbocycles. The van der Waals surface area contributed by atoms with Crippen LogP contribution >= 0.6 is 0 Å². The van der Waals surface area contributed by atoms with Crippen molar-refractivity contribution in [2.75, 3.05) is 6.61 Å². The minimum atomic E-state index is -0.491. The molecule has 0 radical (unpaired) electrons. The van der Waals surface area contributed by atoms with Crippen molar-refractivity contribution in [1.29, 1.82) is 0 Å². The molecule has 1 heterocycles. The molecule has 2 rings (SSSR count). The number of hydrogen-bond donors (Lipinski definition) is 0. The van der Waals surface area contributed by atoms with Gasteiger partial charge >= 0.3 is 5.97 Å². The van der Waals surface area contributed by atoms with Crippen LogP contribution in [0.4, 0.5) is 5.69 Å². The van der Waals surface area contributed by atoms with Crippen molar-refractivity contribution in [2.24, 2.45) is 0 Å². The van der Waals surface area contributed by atoms with Gasteiger partial charge < -0.3 is 9.15 Å². The van der Waals surface area contributed by atoms with Gasteiger partial charge in [-0.1, -0.05) is 12.7 Å². The molecule has 0 fully saturated rings. The van der Waals surface area contributed by atoms with Gasteiger partial charge in [0.2, 0.25) is 0 Å². The molecule has 1 aromatic heterocycles. The highest BCUT2D eigenvalue weighted by Gasteiger charge is 2.11. The summed E-state index contributed by atoms with van der Waals surface area (Å²) in [6.07, 6.45) is 4.23. The lowest BCUT2D eigenvalue weighted by atomic mass is 10.1. The first-order valence-electron chi connectivity index (χ1n) is 6.82. The lowest BCUT2D eigenvalue weighted by Gasteiger charge is -2.02. The van der Waals surface area contributed by atoms with Crippen molar-refractivity contribution in [3.8, 4) is 11.3 Å². The molecule has 0 atom stereocenters. The molecular formula is C17H15NO5. The number of benzene rings is 1. The highest BCUT2D eigenvalue weighted by atomic mass is 16.6. The number of hydrogen-bond acceptors (Lipinski definition) is 5. The zero-order valence-corrected chi connectivity index (χ0v) is 12.5. The van der Waals surface area contributed by atoms with Gasteiger partial charge in [-0.05, 0) is 36.8 Å². The van der Waals surface area contributed by atoms with Gasteiger partial charge in [-0.15, -0.1) is 0 Å². The van der Waals surface area contributed by atoms with Crippen LogP contribution in [-0.2, 0) is 9.53 Å². The van der Waals surface area contributed by atoms with Crippen molar-refractivity contribution in [1.82, 2.24) is 0 Å². The van der Waals surface area contributed by atoms with Gasteiger partial charge in [0.25, 0.3) is 5.69 Å². The quantitative estimate of drug-likeness (QED) is 0.265. The zero-order chi connectivity index (χ0) is 16.8. The Morgan fingerprint density at radius 3 is 2.83 bits per heavy atom. The fourth-order valence-corrected chi connectivity index (χ4v) is 1.96. The summed E-state index contributed by atoms with van der Waals surface area (Å²) in [6.45, 7) is 5.37. The van der Waals surface area contributed by atoms with Gasteiger partial charge in [-0.25, -0.2) is 4.79 Å². The average molecular weight is 313 g/mol. The molecule has 118 valence electrons. The molecule has 0 saturated carbocycles. The number of nitrogens with zero attached hydrogens (tertiary/aromatic N) is 1. The van der Waals surface area contributed by atoms with E-state index < -0.39 is 10.9 Å². The van der Waals surface area contributed by atoms with E-state index in [0.29, 0.717) is 11.5 Å². The summed E-state index contributed by atoms with van der Waals surface area (Å²) < 4.78 is 10.4. The number of ether oxygens (including phenoxy) is 1. The Morgan fingerprint density at radius 2 is 2.17 bits per heavy atom. The molecule has 0 aliphatic heterocycles. The highest BCUT2D eigenvalue weighted by Crippen LogP contribution is 2.28. The van der Waals surface area contributed by atoms with E-state index in [9.17, 15) is 14.9 Å². The zero-order valence-electron chi connectivity index (χ0n) is 12.5. The molecule has 6 heteroatoms. The minimum Gasteiger partial charge on any atom is -0.458 e. The second kappa shape index (κ2) is 7.22. The Kier molecular flexibility index (Phi) is 5.09. The lowest BCUT2D eigenvalue weighted by molar-refractivity contribution is -0.384. The molecule has 0 aliphatic carbocycles. The Morgan fingerprint density at radius 1 is 1.39 bits per heavy atom. The van der Waals surface area contributed by atoms with Crippen LogP contribution in [0.3, 0.4) is 0 Å². The molecule has 6 nitrogen and oxygen atoms in total. The van der Waals surface area contributed by atoms with Gasteiger partial charge in [0.05, 0.1) is 4.92 Å². The summed E-state index contributed by atoms with van der Waals surface area (Å²) in [5.74, 6) is 0.555. The summed E-state index contributed by atoms with van der Waals surface area (Å²) in [4.78, 5) is 21.7. The van der Waals surface area contributed by atoms with Gasteiger partial charge in [0, 0.05) is 23.8 Å². The molecule has 0 spiro atoms. The van der Waals surface area contributed by atoms with Crippen molar-refractivity contribution in [3.63, 3.8) is 0 Å². The number of furan rings is 1. The fraction of sp³-hybridized carbons (Fsp3) is 0.118. The van der Waals surface area contributed by atoms with E-state index in [1.165, 1.54) is 30.4 Å². The van der Waals surface area contributed by atoms with Gasteiger partial charge in [-0.2, -0.15) is 0 Å². The number of esters is 1. The predicted octanol–water partition coefficient (Wildman–Crippen LogP) is 3.91. The van der Waals surface area contributed by atoms with Gasteiger partial charge in [0.15, 0.2) is 0 Å². The number of non-ortho nitro benzene ring substituents is 1. The second-order valence-corrected chi connectivity index (χ2v) is 4.71. The maximum atomic E-state index is 11.3. The Balaban J connectivity index is 2.16. The van der Waals surface area contributed by atoms with Gasteiger partial charge in [-0.3, -0.25) is 10.1 Å². The standard InChI is InChI=1S/C17H15NO5/c1-3-10-22-17(19)9-6-14-5-8-16(23-14)15-7-4-13(18(20)21)11-12(15)2/h3-9,11H,1,10H2,2H3/b9-6+. The number of aryl methyl sites for hydroxylation is 1. The molecule has 0 aliphatic rings. The molecule has 0 N–H and O–H groups in total. The summed E-state index contributed by atoms with van der Waals surface area (Å²) >= 11 is 0. The number of rotatable bonds is 6. The van der Waals surface area contributed by atoms with Crippen LogP contribution < -0.4 is 0 Å². The second-order valence-electron chi connectivity index (χ2n) is 4.71. The normalized spacial score (nSPS) is 10.7. The third kappa shape index (κ3) is 4.16. The molecule has 0 saturated heterocycles. The Hall–Kier alpha value is -3.15. The first-order chi connectivity index (χ1) is 11.0. The fourth-order valence-electron chi connectivity index (χ4n) is 1.96. The number of nitro benzene ring substituents is 1.